The van der Waals surface area contributed by atoms with Gasteiger partial charge in [-0.15, -0.1) is 0 Å². The van der Waals surface area contributed by atoms with Gasteiger partial charge in [0.2, 0.25) is 10.0 Å². The maximum absolute atomic E-state index is 13.8. The van der Waals surface area contributed by atoms with Gasteiger partial charge < -0.3 is 10.2 Å². The highest BCUT2D eigenvalue weighted by atomic mass is 35.5. The topological polar surface area (TPSA) is 69.7 Å². The second-order valence-corrected chi connectivity index (χ2v) is 8.27. The summed E-state index contributed by atoms with van der Waals surface area (Å²) in [6, 6.07) is 7.92. The lowest BCUT2D eigenvalue weighted by Crippen LogP contribution is -2.51. The van der Waals surface area contributed by atoms with Crippen LogP contribution in [-0.2, 0) is 10.0 Å². The van der Waals surface area contributed by atoms with Crippen molar-refractivity contribution in [2.75, 3.05) is 31.5 Å². The first-order valence-corrected chi connectivity index (χ1v) is 9.86. The molecule has 10 heteroatoms. The van der Waals surface area contributed by atoms with Crippen molar-refractivity contribution in [3.63, 3.8) is 0 Å². The van der Waals surface area contributed by atoms with Gasteiger partial charge in [0, 0.05) is 31.2 Å². The van der Waals surface area contributed by atoms with Crippen LogP contribution in [-0.4, -0.2) is 49.8 Å². The van der Waals surface area contributed by atoms with Gasteiger partial charge in [-0.2, -0.15) is 4.31 Å². The minimum Gasteiger partial charge on any atom is -0.322 e. The van der Waals surface area contributed by atoms with Crippen molar-refractivity contribution in [3.05, 3.63) is 59.1 Å². The highest BCUT2D eigenvalue weighted by Gasteiger charge is 2.30. The zero-order chi connectivity index (χ0) is 19.6. The number of sulfonamides is 1. The first-order chi connectivity index (χ1) is 12.8. The van der Waals surface area contributed by atoms with Crippen molar-refractivity contribution < 1.29 is 22.0 Å². The van der Waals surface area contributed by atoms with Crippen LogP contribution in [0.25, 0.3) is 0 Å². The van der Waals surface area contributed by atoms with Crippen molar-refractivity contribution >= 4 is 33.3 Å². The molecule has 2 aromatic rings. The molecule has 1 aliphatic heterocycles. The van der Waals surface area contributed by atoms with Crippen LogP contribution in [0.3, 0.4) is 0 Å². The number of nitrogens with zero attached hydrogens (tertiary/aromatic N) is 2. The molecule has 1 heterocycles. The maximum atomic E-state index is 13.8. The molecule has 3 rings (SSSR count). The number of hydrogen-bond donors (Lipinski definition) is 1. The van der Waals surface area contributed by atoms with Crippen LogP contribution in [0.2, 0.25) is 5.02 Å². The van der Waals surface area contributed by atoms with Crippen LogP contribution in [0.5, 0.6) is 0 Å². The monoisotopic (exact) mass is 415 g/mol. The Labute approximate surface area is 160 Å². The number of urea groups is 1. The van der Waals surface area contributed by atoms with E-state index < -0.39 is 27.7 Å². The van der Waals surface area contributed by atoms with E-state index in [1.165, 1.54) is 33.5 Å². The summed E-state index contributed by atoms with van der Waals surface area (Å²) in [7, 11) is -3.76. The fourth-order valence-electron chi connectivity index (χ4n) is 2.67. The Kier molecular flexibility index (Phi) is 5.64. The van der Waals surface area contributed by atoms with Crippen LogP contribution >= 0.6 is 11.6 Å². The second kappa shape index (κ2) is 7.79. The predicted octanol–water partition coefficient (Wildman–Crippen LogP) is 3.16. The summed E-state index contributed by atoms with van der Waals surface area (Å²) in [4.78, 5) is 13.7. The third-order valence-corrected chi connectivity index (χ3v) is 6.30. The lowest BCUT2D eigenvalue weighted by molar-refractivity contribution is 0.184. The van der Waals surface area contributed by atoms with Gasteiger partial charge in [-0.3, -0.25) is 0 Å². The number of carbonyl (C=O) groups is 1. The van der Waals surface area contributed by atoms with Gasteiger partial charge in [0.1, 0.15) is 11.6 Å². The molecule has 0 spiro atoms. The SMILES string of the molecule is O=C(Nc1ccc(Cl)cc1F)N1CCN(S(=O)(=O)c2ccc(F)cc2)CC1. The number of rotatable bonds is 3. The largest absolute Gasteiger partial charge is 0.322 e. The summed E-state index contributed by atoms with van der Waals surface area (Å²) < 4.78 is 53.1. The van der Waals surface area contributed by atoms with Crippen molar-refractivity contribution in [2.24, 2.45) is 0 Å². The zero-order valence-corrected chi connectivity index (χ0v) is 15.6. The maximum Gasteiger partial charge on any atom is 0.322 e. The Balaban J connectivity index is 1.62. The van der Waals surface area contributed by atoms with Gasteiger partial charge in [-0.25, -0.2) is 22.0 Å². The number of anilines is 1. The molecular formula is C17H16ClF2N3O3S. The van der Waals surface area contributed by atoms with Crippen LogP contribution in [0.4, 0.5) is 19.3 Å². The lowest BCUT2D eigenvalue weighted by atomic mass is 10.3. The Morgan fingerprint density at radius 3 is 2.22 bits per heavy atom. The van der Waals surface area contributed by atoms with E-state index in [1.807, 2.05) is 0 Å². The summed E-state index contributed by atoms with van der Waals surface area (Å²) in [5.74, 6) is -1.18. The highest BCUT2D eigenvalue weighted by molar-refractivity contribution is 7.89. The van der Waals surface area contributed by atoms with E-state index in [0.29, 0.717) is 0 Å². The van der Waals surface area contributed by atoms with Crippen molar-refractivity contribution in [1.29, 1.82) is 0 Å². The zero-order valence-electron chi connectivity index (χ0n) is 14.0. The number of carbonyl (C=O) groups excluding carboxylic acids is 1. The van der Waals surface area contributed by atoms with Crippen molar-refractivity contribution in [2.45, 2.75) is 4.90 Å². The number of benzene rings is 2. The molecule has 2 aromatic carbocycles. The minimum atomic E-state index is -3.76. The molecule has 0 unspecified atom stereocenters. The number of halogens is 3. The van der Waals surface area contributed by atoms with Crippen LogP contribution < -0.4 is 5.32 Å². The van der Waals surface area contributed by atoms with Gasteiger partial charge >= 0.3 is 6.03 Å². The van der Waals surface area contributed by atoms with Gasteiger partial charge in [0.05, 0.1) is 10.6 Å². The molecule has 0 saturated carbocycles. The minimum absolute atomic E-state index is 0.00855. The molecule has 1 saturated heterocycles. The molecular weight excluding hydrogens is 400 g/mol. The van der Waals surface area contributed by atoms with Crippen molar-refractivity contribution in [3.8, 4) is 0 Å². The summed E-state index contributed by atoms with van der Waals surface area (Å²) in [5.41, 5.74) is -0.00855. The summed E-state index contributed by atoms with van der Waals surface area (Å²) >= 11 is 5.67. The van der Waals surface area contributed by atoms with E-state index >= 15 is 0 Å². The molecule has 2 amide bonds. The fraction of sp³-hybridized carbons (Fsp3) is 0.235. The van der Waals surface area contributed by atoms with Gasteiger partial charge in [-0.05, 0) is 42.5 Å². The van der Waals surface area contributed by atoms with Gasteiger partial charge in [0.25, 0.3) is 0 Å². The van der Waals surface area contributed by atoms with Crippen LogP contribution in [0, 0.1) is 11.6 Å². The standard InChI is InChI=1S/C17H16ClF2N3O3S/c18-12-1-6-16(15(20)11-12)21-17(24)22-7-9-23(10-8-22)27(25,26)14-4-2-13(19)3-5-14/h1-6,11H,7-10H2,(H,21,24). The molecule has 6 nitrogen and oxygen atoms in total. The average molecular weight is 416 g/mol. The number of piperazine rings is 1. The molecule has 0 aromatic heterocycles. The third-order valence-electron chi connectivity index (χ3n) is 4.15. The molecule has 1 aliphatic rings. The fourth-order valence-corrected chi connectivity index (χ4v) is 4.25. The third kappa shape index (κ3) is 4.37. The summed E-state index contributed by atoms with van der Waals surface area (Å²) in [6.45, 7) is 0.440. The second-order valence-electron chi connectivity index (χ2n) is 5.90. The van der Waals surface area contributed by atoms with E-state index in [9.17, 15) is 22.0 Å². The van der Waals surface area contributed by atoms with E-state index in [0.717, 1.165) is 18.2 Å². The normalized spacial score (nSPS) is 15.6. The van der Waals surface area contributed by atoms with Gasteiger partial charge in [0.15, 0.2) is 0 Å². The van der Waals surface area contributed by atoms with Gasteiger partial charge in [-0.1, -0.05) is 11.6 Å². The molecule has 0 aliphatic carbocycles. The molecule has 0 radical (unpaired) electrons. The van der Waals surface area contributed by atoms with E-state index in [1.54, 1.807) is 0 Å². The van der Waals surface area contributed by atoms with E-state index in [-0.39, 0.29) is 41.8 Å². The number of nitrogens with one attached hydrogen (secondary N) is 1. The first kappa shape index (κ1) is 19.5. The smallest absolute Gasteiger partial charge is 0.322 e. The Bertz CT molecular complexity index is 946. The van der Waals surface area contributed by atoms with E-state index in [2.05, 4.69) is 5.32 Å². The lowest BCUT2D eigenvalue weighted by Gasteiger charge is -2.34. The molecule has 1 fully saturated rings. The van der Waals surface area contributed by atoms with E-state index in [4.69, 9.17) is 11.6 Å². The average Bonchev–Trinajstić information content (AvgIpc) is 2.64. The number of hydrogen-bond acceptors (Lipinski definition) is 3. The molecule has 0 atom stereocenters. The number of amides is 2. The first-order valence-electron chi connectivity index (χ1n) is 8.04. The Hall–Kier alpha value is -2.23. The predicted molar refractivity (Wildman–Crippen MR) is 97.2 cm³/mol. The van der Waals surface area contributed by atoms with Crippen LogP contribution in [0.15, 0.2) is 47.4 Å². The highest BCUT2D eigenvalue weighted by Crippen LogP contribution is 2.21. The Morgan fingerprint density at radius 1 is 1.00 bits per heavy atom. The molecule has 1 N–H and O–H groups in total. The van der Waals surface area contributed by atoms with Crippen LogP contribution in [0.1, 0.15) is 0 Å². The molecule has 144 valence electrons. The summed E-state index contributed by atoms with van der Waals surface area (Å²) in [5, 5.41) is 2.66. The molecule has 0 bridgehead atoms. The molecule has 27 heavy (non-hydrogen) atoms. The van der Waals surface area contributed by atoms with Crippen molar-refractivity contribution in [1.82, 2.24) is 9.21 Å². The summed E-state index contributed by atoms with van der Waals surface area (Å²) in [6.07, 6.45) is 0. The Morgan fingerprint density at radius 2 is 1.63 bits per heavy atom. The quantitative estimate of drug-likeness (QED) is 0.837.